The maximum Gasteiger partial charge on any atom is 0.164 e. The van der Waals surface area contributed by atoms with E-state index in [0.29, 0.717) is 6.61 Å². The molecule has 2 N–H and O–H groups in total. The molecule has 0 saturated carbocycles. The van der Waals surface area contributed by atoms with Crippen LogP contribution >= 0.6 is 0 Å². The number of para-hydroxylation sites is 1. The molecule has 0 heterocycles. The molecule has 0 aromatic heterocycles. The fourth-order valence-corrected chi connectivity index (χ4v) is 1.70. The molecule has 1 atom stereocenters. The summed E-state index contributed by atoms with van der Waals surface area (Å²) in [6.45, 7) is 4.61. The van der Waals surface area contributed by atoms with Crippen LogP contribution in [-0.2, 0) is 6.42 Å². The van der Waals surface area contributed by atoms with Crippen LogP contribution in [0.15, 0.2) is 30.4 Å². The highest BCUT2D eigenvalue weighted by Gasteiger charge is 2.12. The first kappa shape index (κ1) is 14.6. The van der Waals surface area contributed by atoms with Gasteiger partial charge in [-0.1, -0.05) is 31.2 Å². The maximum absolute atomic E-state index is 6.01. The first-order valence-corrected chi connectivity index (χ1v) is 6.38. The number of rotatable bonds is 7. The number of benzene rings is 1. The molecular weight excluding hydrogens is 226 g/mol. The van der Waals surface area contributed by atoms with Crippen LogP contribution in [0.2, 0.25) is 0 Å². The zero-order valence-corrected chi connectivity index (χ0v) is 11.5. The summed E-state index contributed by atoms with van der Waals surface area (Å²) in [5, 5.41) is 0. The van der Waals surface area contributed by atoms with Crippen LogP contribution in [0.25, 0.3) is 0 Å². The standard InChI is InChI=1S/C15H23NO2/c1-4-6-10-18-15-12(11-13(16)5-2)8-7-9-14(15)17-3/h4,6-9,13H,5,10-11,16H2,1-3H3/b6-4+. The van der Waals surface area contributed by atoms with Gasteiger partial charge < -0.3 is 15.2 Å². The molecule has 0 bridgehead atoms. The van der Waals surface area contributed by atoms with Crippen LogP contribution < -0.4 is 15.2 Å². The Bertz CT molecular complexity index is 388. The second-order valence-electron chi connectivity index (χ2n) is 4.20. The predicted octanol–water partition coefficient (Wildman–Crippen LogP) is 2.93. The summed E-state index contributed by atoms with van der Waals surface area (Å²) in [5.41, 5.74) is 7.11. The lowest BCUT2D eigenvalue weighted by Gasteiger charge is -2.16. The van der Waals surface area contributed by atoms with Crippen molar-refractivity contribution in [3.63, 3.8) is 0 Å². The van der Waals surface area contributed by atoms with Gasteiger partial charge in [0.05, 0.1) is 7.11 Å². The largest absolute Gasteiger partial charge is 0.493 e. The normalized spacial score (nSPS) is 12.7. The first-order valence-electron chi connectivity index (χ1n) is 6.38. The fourth-order valence-electron chi connectivity index (χ4n) is 1.70. The lowest BCUT2D eigenvalue weighted by molar-refractivity contribution is 0.322. The number of nitrogens with two attached hydrogens (primary N) is 1. The molecule has 0 radical (unpaired) electrons. The third-order valence-corrected chi connectivity index (χ3v) is 2.85. The van der Waals surface area contributed by atoms with Crippen LogP contribution in [-0.4, -0.2) is 19.8 Å². The minimum atomic E-state index is 0.154. The van der Waals surface area contributed by atoms with E-state index < -0.39 is 0 Å². The minimum absolute atomic E-state index is 0.154. The van der Waals surface area contributed by atoms with Crippen molar-refractivity contribution in [2.45, 2.75) is 32.7 Å². The topological polar surface area (TPSA) is 44.5 Å². The van der Waals surface area contributed by atoms with Crippen molar-refractivity contribution < 1.29 is 9.47 Å². The molecule has 3 nitrogen and oxygen atoms in total. The summed E-state index contributed by atoms with van der Waals surface area (Å²) in [7, 11) is 1.65. The highest BCUT2D eigenvalue weighted by Crippen LogP contribution is 2.32. The molecule has 1 rings (SSSR count). The molecule has 3 heteroatoms. The van der Waals surface area contributed by atoms with Gasteiger partial charge in [-0.05, 0) is 31.4 Å². The van der Waals surface area contributed by atoms with Crippen LogP contribution in [0.4, 0.5) is 0 Å². The highest BCUT2D eigenvalue weighted by molar-refractivity contribution is 5.47. The van der Waals surface area contributed by atoms with Gasteiger partial charge in [0, 0.05) is 6.04 Å². The second-order valence-corrected chi connectivity index (χ2v) is 4.20. The van der Waals surface area contributed by atoms with Crippen molar-refractivity contribution in [2.24, 2.45) is 5.73 Å². The molecule has 0 aliphatic carbocycles. The average molecular weight is 249 g/mol. The van der Waals surface area contributed by atoms with Crippen LogP contribution in [0.1, 0.15) is 25.8 Å². The van der Waals surface area contributed by atoms with Gasteiger partial charge in [0.25, 0.3) is 0 Å². The zero-order chi connectivity index (χ0) is 13.4. The Morgan fingerprint density at radius 2 is 2.17 bits per heavy atom. The predicted molar refractivity (Wildman–Crippen MR) is 75.3 cm³/mol. The molecule has 0 aliphatic rings. The van der Waals surface area contributed by atoms with E-state index in [4.69, 9.17) is 15.2 Å². The minimum Gasteiger partial charge on any atom is -0.493 e. The Kier molecular flexibility index (Phi) is 6.29. The molecule has 0 amide bonds. The molecule has 100 valence electrons. The van der Waals surface area contributed by atoms with Crippen LogP contribution in [0.5, 0.6) is 11.5 Å². The smallest absolute Gasteiger partial charge is 0.164 e. The Morgan fingerprint density at radius 1 is 1.39 bits per heavy atom. The molecule has 1 aromatic carbocycles. The van der Waals surface area contributed by atoms with E-state index in [1.54, 1.807) is 7.11 Å². The van der Waals surface area contributed by atoms with Crippen molar-refractivity contribution in [2.75, 3.05) is 13.7 Å². The number of hydrogen-bond acceptors (Lipinski definition) is 3. The van der Waals surface area contributed by atoms with Crippen LogP contribution in [0, 0.1) is 0 Å². The Balaban J connectivity index is 2.92. The molecule has 0 aliphatic heterocycles. The quantitative estimate of drug-likeness (QED) is 0.756. The van der Waals surface area contributed by atoms with Crippen LogP contribution in [0.3, 0.4) is 0 Å². The van der Waals surface area contributed by atoms with Crippen molar-refractivity contribution in [1.82, 2.24) is 0 Å². The van der Waals surface area contributed by atoms with Crippen molar-refractivity contribution >= 4 is 0 Å². The van der Waals surface area contributed by atoms with E-state index in [1.807, 2.05) is 37.3 Å². The SMILES string of the molecule is C/C=C/COc1c(CC(N)CC)cccc1OC. The molecule has 0 fully saturated rings. The average Bonchev–Trinajstić information content (AvgIpc) is 2.40. The summed E-state index contributed by atoms with van der Waals surface area (Å²) in [6.07, 6.45) is 5.69. The van der Waals surface area contributed by atoms with Gasteiger partial charge in [-0.3, -0.25) is 0 Å². The van der Waals surface area contributed by atoms with E-state index >= 15 is 0 Å². The van der Waals surface area contributed by atoms with E-state index in [0.717, 1.165) is 29.9 Å². The number of ether oxygens (including phenoxy) is 2. The van der Waals surface area contributed by atoms with E-state index in [1.165, 1.54) is 0 Å². The molecule has 0 spiro atoms. The first-order chi connectivity index (χ1) is 8.72. The zero-order valence-electron chi connectivity index (χ0n) is 11.5. The van der Waals surface area contributed by atoms with Gasteiger partial charge in [-0.15, -0.1) is 0 Å². The van der Waals surface area contributed by atoms with Crippen molar-refractivity contribution in [3.8, 4) is 11.5 Å². The molecule has 18 heavy (non-hydrogen) atoms. The Labute approximate surface area is 110 Å². The lowest BCUT2D eigenvalue weighted by atomic mass is 10.0. The number of allylic oxidation sites excluding steroid dienone is 1. The Hall–Kier alpha value is -1.48. The molecular formula is C15H23NO2. The van der Waals surface area contributed by atoms with Gasteiger partial charge in [0.15, 0.2) is 11.5 Å². The summed E-state index contributed by atoms with van der Waals surface area (Å²) >= 11 is 0. The fraction of sp³-hybridized carbons (Fsp3) is 0.467. The highest BCUT2D eigenvalue weighted by atomic mass is 16.5. The summed E-state index contributed by atoms with van der Waals surface area (Å²) in [5.74, 6) is 1.57. The van der Waals surface area contributed by atoms with E-state index in [-0.39, 0.29) is 6.04 Å². The van der Waals surface area contributed by atoms with Crippen molar-refractivity contribution in [3.05, 3.63) is 35.9 Å². The van der Waals surface area contributed by atoms with Gasteiger partial charge >= 0.3 is 0 Å². The third-order valence-electron chi connectivity index (χ3n) is 2.85. The summed E-state index contributed by atoms with van der Waals surface area (Å²) < 4.78 is 11.1. The van der Waals surface area contributed by atoms with E-state index in [9.17, 15) is 0 Å². The maximum atomic E-state index is 6.01. The Morgan fingerprint density at radius 3 is 2.78 bits per heavy atom. The van der Waals surface area contributed by atoms with Gasteiger partial charge in [0.2, 0.25) is 0 Å². The van der Waals surface area contributed by atoms with Gasteiger partial charge in [-0.2, -0.15) is 0 Å². The molecule has 0 saturated heterocycles. The summed E-state index contributed by atoms with van der Waals surface area (Å²) in [4.78, 5) is 0. The third kappa shape index (κ3) is 4.08. The monoisotopic (exact) mass is 249 g/mol. The number of hydrogen-bond donors (Lipinski definition) is 1. The van der Waals surface area contributed by atoms with Gasteiger partial charge in [0.1, 0.15) is 6.61 Å². The molecule has 1 aromatic rings. The molecule has 1 unspecified atom stereocenters. The summed E-state index contributed by atoms with van der Waals surface area (Å²) in [6, 6.07) is 6.08. The van der Waals surface area contributed by atoms with Gasteiger partial charge in [-0.25, -0.2) is 0 Å². The van der Waals surface area contributed by atoms with E-state index in [2.05, 4.69) is 6.92 Å². The number of methoxy groups -OCH3 is 1. The second kappa shape index (κ2) is 7.77. The lowest BCUT2D eigenvalue weighted by Crippen LogP contribution is -2.21. The van der Waals surface area contributed by atoms with Crippen molar-refractivity contribution in [1.29, 1.82) is 0 Å².